The molecule has 1 rings (SSSR count). The quantitative estimate of drug-likeness (QED) is 0.288. The van der Waals surface area contributed by atoms with E-state index < -0.39 is 11.5 Å². The number of rotatable bonds is 11. The first-order chi connectivity index (χ1) is 10.9. The molecule has 0 aromatic carbocycles. The summed E-state index contributed by atoms with van der Waals surface area (Å²) in [5.41, 5.74) is -0.426. The molecule has 0 aliphatic carbocycles. The van der Waals surface area contributed by atoms with E-state index in [9.17, 15) is 9.59 Å². The highest BCUT2D eigenvalue weighted by Gasteiger charge is 2.43. The topological polar surface area (TPSA) is 43.4 Å². The van der Waals surface area contributed by atoms with Gasteiger partial charge in [0.05, 0.1) is 0 Å². The lowest BCUT2D eigenvalue weighted by atomic mass is 9.78. The zero-order valence-electron chi connectivity index (χ0n) is 15.7. The van der Waals surface area contributed by atoms with Crippen LogP contribution in [0.3, 0.4) is 0 Å². The van der Waals surface area contributed by atoms with E-state index in [2.05, 4.69) is 6.92 Å². The fourth-order valence-electron chi connectivity index (χ4n) is 3.72. The van der Waals surface area contributed by atoms with Gasteiger partial charge in [-0.2, -0.15) is 0 Å². The Morgan fingerprint density at radius 1 is 1.04 bits per heavy atom. The second kappa shape index (κ2) is 10.1. The number of carbonyl (C=O) groups is 2. The molecule has 1 fully saturated rings. The predicted octanol–water partition coefficient (Wildman–Crippen LogP) is 5.45. The Morgan fingerprint density at radius 3 is 2.09 bits per heavy atom. The molecule has 0 amide bonds. The highest BCUT2D eigenvalue weighted by atomic mass is 16.6. The van der Waals surface area contributed by atoms with Crippen LogP contribution < -0.4 is 0 Å². The van der Waals surface area contributed by atoms with Crippen molar-refractivity contribution in [3.8, 4) is 0 Å². The first-order valence-electron chi connectivity index (χ1n) is 9.63. The summed E-state index contributed by atoms with van der Waals surface area (Å²) >= 11 is 0. The van der Waals surface area contributed by atoms with Crippen LogP contribution in [0.15, 0.2) is 0 Å². The molecule has 134 valence electrons. The normalized spacial score (nSPS) is 23.6. The molecule has 1 heterocycles. The molecule has 1 aliphatic rings. The highest BCUT2D eigenvalue weighted by molar-refractivity contribution is 5.99. The Kier molecular flexibility index (Phi) is 8.86. The minimum absolute atomic E-state index is 0.0842. The average molecular weight is 325 g/mol. The second-order valence-corrected chi connectivity index (χ2v) is 7.88. The van der Waals surface area contributed by atoms with Crippen LogP contribution in [0.5, 0.6) is 0 Å². The van der Waals surface area contributed by atoms with Crippen LogP contribution in [0, 0.1) is 11.8 Å². The van der Waals surface area contributed by atoms with E-state index in [1.165, 1.54) is 44.9 Å². The SMILES string of the molecule is CCCCCCCCCCCC(=O)[C@H]1C(=O)OC(C)(C)C[C@@H]1C. The Morgan fingerprint density at radius 2 is 1.57 bits per heavy atom. The largest absolute Gasteiger partial charge is 0.459 e. The number of Topliss-reactive ketones (excluding diaryl/α,β-unsaturated/α-hetero) is 1. The van der Waals surface area contributed by atoms with Gasteiger partial charge in [0.1, 0.15) is 17.3 Å². The van der Waals surface area contributed by atoms with Crippen LogP contribution in [0.2, 0.25) is 0 Å². The van der Waals surface area contributed by atoms with Gasteiger partial charge < -0.3 is 4.74 Å². The van der Waals surface area contributed by atoms with Crippen molar-refractivity contribution in [2.45, 2.75) is 104 Å². The average Bonchev–Trinajstić information content (AvgIpc) is 2.43. The van der Waals surface area contributed by atoms with Crippen LogP contribution in [0.1, 0.15) is 98.3 Å². The van der Waals surface area contributed by atoms with Gasteiger partial charge in [-0.3, -0.25) is 9.59 Å². The third-order valence-corrected chi connectivity index (χ3v) is 4.89. The Labute approximate surface area is 142 Å². The summed E-state index contributed by atoms with van der Waals surface area (Å²) in [4.78, 5) is 24.4. The van der Waals surface area contributed by atoms with E-state index in [1.807, 2.05) is 20.8 Å². The summed E-state index contributed by atoms with van der Waals surface area (Å²) in [5, 5.41) is 0. The number of unbranched alkanes of at least 4 members (excludes halogenated alkanes) is 8. The van der Waals surface area contributed by atoms with Crippen LogP contribution in [0.25, 0.3) is 0 Å². The fraction of sp³-hybridized carbons (Fsp3) is 0.900. The maximum atomic E-state index is 12.3. The Hall–Kier alpha value is -0.860. The van der Waals surface area contributed by atoms with Gasteiger partial charge >= 0.3 is 5.97 Å². The van der Waals surface area contributed by atoms with E-state index in [4.69, 9.17) is 4.74 Å². The lowest BCUT2D eigenvalue weighted by molar-refractivity contribution is -0.176. The molecule has 0 radical (unpaired) electrons. The van der Waals surface area contributed by atoms with Gasteiger partial charge in [0.2, 0.25) is 0 Å². The van der Waals surface area contributed by atoms with Gasteiger partial charge in [0.25, 0.3) is 0 Å². The molecule has 0 N–H and O–H groups in total. The zero-order valence-corrected chi connectivity index (χ0v) is 15.7. The molecular formula is C20H36O3. The van der Waals surface area contributed by atoms with E-state index >= 15 is 0 Å². The standard InChI is InChI=1S/C20H36O3/c1-5-6-7-8-9-10-11-12-13-14-17(21)18-16(2)15-20(3,4)23-19(18)22/h16,18H,5-15H2,1-4H3/t16-,18-/m0/s1. The number of ketones is 1. The number of esters is 1. The smallest absolute Gasteiger partial charge is 0.317 e. The van der Waals surface area contributed by atoms with Crippen molar-refractivity contribution in [3.05, 3.63) is 0 Å². The minimum atomic E-state index is -0.530. The molecule has 0 bridgehead atoms. The van der Waals surface area contributed by atoms with Gasteiger partial charge in [-0.15, -0.1) is 0 Å². The molecule has 0 aromatic rings. The molecule has 0 spiro atoms. The number of ether oxygens (including phenoxy) is 1. The molecule has 2 atom stereocenters. The van der Waals surface area contributed by atoms with Crippen LogP contribution in [0.4, 0.5) is 0 Å². The van der Waals surface area contributed by atoms with Crippen molar-refractivity contribution in [1.82, 2.24) is 0 Å². The highest BCUT2D eigenvalue weighted by Crippen LogP contribution is 2.34. The van der Waals surface area contributed by atoms with Crippen molar-refractivity contribution in [2.24, 2.45) is 11.8 Å². The fourth-order valence-corrected chi connectivity index (χ4v) is 3.72. The third-order valence-electron chi connectivity index (χ3n) is 4.89. The summed E-state index contributed by atoms with van der Waals surface area (Å²) in [7, 11) is 0. The van der Waals surface area contributed by atoms with Crippen molar-refractivity contribution >= 4 is 11.8 Å². The summed E-state index contributed by atoms with van der Waals surface area (Å²) in [5.74, 6) is -0.662. The molecule has 3 nitrogen and oxygen atoms in total. The molecule has 1 saturated heterocycles. The molecule has 23 heavy (non-hydrogen) atoms. The summed E-state index contributed by atoms with van der Waals surface area (Å²) in [6.45, 7) is 8.08. The molecule has 1 aliphatic heterocycles. The van der Waals surface area contributed by atoms with Crippen LogP contribution in [-0.4, -0.2) is 17.4 Å². The van der Waals surface area contributed by atoms with Crippen molar-refractivity contribution < 1.29 is 14.3 Å². The van der Waals surface area contributed by atoms with Crippen LogP contribution in [-0.2, 0) is 14.3 Å². The number of hydrogen-bond donors (Lipinski definition) is 0. The molecule has 0 aromatic heterocycles. The summed E-state index contributed by atoms with van der Waals surface area (Å²) in [6, 6.07) is 0. The lowest BCUT2D eigenvalue weighted by Gasteiger charge is -2.37. The van der Waals surface area contributed by atoms with E-state index in [-0.39, 0.29) is 17.7 Å². The van der Waals surface area contributed by atoms with Crippen molar-refractivity contribution in [1.29, 1.82) is 0 Å². The van der Waals surface area contributed by atoms with Gasteiger partial charge in [0, 0.05) is 6.42 Å². The third kappa shape index (κ3) is 7.50. The molecule has 3 heteroatoms. The maximum Gasteiger partial charge on any atom is 0.317 e. The van der Waals surface area contributed by atoms with E-state index in [0.29, 0.717) is 6.42 Å². The Bertz CT molecular complexity index is 373. The second-order valence-electron chi connectivity index (χ2n) is 7.88. The number of carbonyl (C=O) groups excluding carboxylic acids is 2. The molecule has 0 saturated carbocycles. The lowest BCUT2D eigenvalue weighted by Crippen LogP contribution is -2.45. The first kappa shape index (κ1) is 20.2. The summed E-state index contributed by atoms with van der Waals surface area (Å²) < 4.78 is 5.41. The van der Waals surface area contributed by atoms with E-state index in [1.54, 1.807) is 0 Å². The van der Waals surface area contributed by atoms with Crippen molar-refractivity contribution in [3.63, 3.8) is 0 Å². The van der Waals surface area contributed by atoms with Gasteiger partial charge in [-0.05, 0) is 32.6 Å². The zero-order chi connectivity index (χ0) is 17.3. The van der Waals surface area contributed by atoms with Crippen molar-refractivity contribution in [2.75, 3.05) is 0 Å². The maximum absolute atomic E-state index is 12.3. The number of hydrogen-bond acceptors (Lipinski definition) is 3. The Balaban J connectivity index is 2.15. The van der Waals surface area contributed by atoms with Gasteiger partial charge in [-0.1, -0.05) is 65.2 Å². The number of cyclic esters (lactones) is 1. The van der Waals surface area contributed by atoms with E-state index in [0.717, 1.165) is 19.3 Å². The van der Waals surface area contributed by atoms with Gasteiger partial charge in [0.15, 0.2) is 0 Å². The molecule has 0 unspecified atom stereocenters. The first-order valence-corrected chi connectivity index (χ1v) is 9.63. The van der Waals surface area contributed by atoms with Gasteiger partial charge in [-0.25, -0.2) is 0 Å². The summed E-state index contributed by atoms with van der Waals surface area (Å²) in [6.07, 6.45) is 12.4. The van der Waals surface area contributed by atoms with Crippen LogP contribution >= 0.6 is 0 Å². The predicted molar refractivity (Wildman–Crippen MR) is 94.3 cm³/mol. The monoisotopic (exact) mass is 324 g/mol. The molecular weight excluding hydrogens is 288 g/mol. The minimum Gasteiger partial charge on any atom is -0.459 e.